The Morgan fingerprint density at radius 3 is 2.43 bits per heavy atom. The molecule has 1 heterocycles. The highest BCUT2D eigenvalue weighted by Crippen LogP contribution is 2.31. The highest BCUT2D eigenvalue weighted by Gasteiger charge is 2.36. The number of carbonyl (C=O) groups excluding carboxylic acids is 2. The summed E-state index contributed by atoms with van der Waals surface area (Å²) in [6, 6.07) is 16.3. The van der Waals surface area contributed by atoms with Gasteiger partial charge in [0.1, 0.15) is 6.04 Å². The van der Waals surface area contributed by atoms with Gasteiger partial charge in [-0.15, -0.1) is 0 Å². The van der Waals surface area contributed by atoms with E-state index in [1.165, 1.54) is 0 Å². The van der Waals surface area contributed by atoms with Gasteiger partial charge in [0.2, 0.25) is 5.91 Å². The maximum Gasteiger partial charge on any atom is 0.255 e. The maximum atomic E-state index is 12.6. The molecule has 0 aliphatic carbocycles. The highest BCUT2D eigenvalue weighted by molar-refractivity contribution is 6.01. The van der Waals surface area contributed by atoms with Gasteiger partial charge in [-0.05, 0) is 17.2 Å². The molecule has 0 saturated heterocycles. The first-order valence-electron chi connectivity index (χ1n) is 6.88. The Balaban J connectivity index is 2.00. The lowest BCUT2D eigenvalue weighted by Crippen LogP contribution is -2.39. The van der Waals surface area contributed by atoms with Crippen LogP contribution in [0.15, 0.2) is 54.6 Å². The molecule has 0 spiro atoms. The van der Waals surface area contributed by atoms with Gasteiger partial charge in [0.25, 0.3) is 5.91 Å². The molecule has 0 saturated carbocycles. The molecule has 21 heavy (non-hydrogen) atoms. The Labute approximate surface area is 123 Å². The predicted octanol–water partition coefficient (Wildman–Crippen LogP) is 2.13. The van der Waals surface area contributed by atoms with Crippen molar-refractivity contribution in [3.05, 3.63) is 71.3 Å². The van der Waals surface area contributed by atoms with Crippen molar-refractivity contribution >= 4 is 11.8 Å². The van der Waals surface area contributed by atoms with Gasteiger partial charge < -0.3 is 10.2 Å². The second-order valence-corrected chi connectivity index (χ2v) is 5.02. The summed E-state index contributed by atoms with van der Waals surface area (Å²) >= 11 is 0. The Bertz CT molecular complexity index is 682. The van der Waals surface area contributed by atoms with Gasteiger partial charge >= 0.3 is 0 Å². The lowest BCUT2D eigenvalue weighted by Gasteiger charge is -2.26. The first kappa shape index (κ1) is 13.4. The zero-order valence-corrected chi connectivity index (χ0v) is 11.7. The number of fused-ring (bicyclic) bond motifs is 1. The Morgan fingerprint density at radius 1 is 1.10 bits per heavy atom. The van der Waals surface area contributed by atoms with E-state index >= 15 is 0 Å². The van der Waals surface area contributed by atoms with Crippen LogP contribution in [0.1, 0.15) is 27.5 Å². The number of hydrogen-bond donors (Lipinski definition) is 1. The van der Waals surface area contributed by atoms with Crippen LogP contribution in [0, 0.1) is 0 Å². The second-order valence-electron chi connectivity index (χ2n) is 5.02. The minimum Gasteiger partial charge on any atom is -0.357 e. The molecular formula is C17H16N2O2. The van der Waals surface area contributed by atoms with Crippen LogP contribution in [0.25, 0.3) is 0 Å². The minimum absolute atomic E-state index is 0.0944. The number of likely N-dealkylation sites (N-methyl/N-ethyl adjacent to an activating group) is 1. The highest BCUT2D eigenvalue weighted by atomic mass is 16.2. The summed E-state index contributed by atoms with van der Waals surface area (Å²) in [7, 11) is 1.59. The lowest BCUT2D eigenvalue weighted by atomic mass is 10.0. The molecule has 106 valence electrons. The number of rotatable bonds is 3. The van der Waals surface area contributed by atoms with Crippen molar-refractivity contribution in [3.63, 3.8) is 0 Å². The third kappa shape index (κ3) is 2.29. The zero-order chi connectivity index (χ0) is 14.8. The maximum absolute atomic E-state index is 12.6. The molecule has 2 aromatic rings. The largest absolute Gasteiger partial charge is 0.357 e. The fraction of sp³-hybridized carbons (Fsp3) is 0.176. The van der Waals surface area contributed by atoms with Gasteiger partial charge in [-0.25, -0.2) is 0 Å². The summed E-state index contributed by atoms with van der Waals surface area (Å²) in [6.45, 7) is 0.460. The predicted molar refractivity (Wildman–Crippen MR) is 79.6 cm³/mol. The fourth-order valence-electron chi connectivity index (χ4n) is 2.73. The molecule has 3 rings (SSSR count). The van der Waals surface area contributed by atoms with E-state index in [1.807, 2.05) is 54.6 Å². The van der Waals surface area contributed by atoms with Crippen molar-refractivity contribution in [3.8, 4) is 0 Å². The van der Waals surface area contributed by atoms with Crippen molar-refractivity contribution < 1.29 is 9.59 Å². The molecular weight excluding hydrogens is 264 g/mol. The van der Waals surface area contributed by atoms with Crippen LogP contribution in [0.5, 0.6) is 0 Å². The zero-order valence-electron chi connectivity index (χ0n) is 11.7. The van der Waals surface area contributed by atoms with E-state index in [4.69, 9.17) is 0 Å². The fourth-order valence-corrected chi connectivity index (χ4v) is 2.73. The average Bonchev–Trinajstić information content (AvgIpc) is 2.86. The number of nitrogens with zero attached hydrogens (tertiary/aromatic N) is 1. The van der Waals surface area contributed by atoms with E-state index in [9.17, 15) is 9.59 Å². The molecule has 0 fully saturated rings. The van der Waals surface area contributed by atoms with Crippen LogP contribution in [-0.2, 0) is 11.3 Å². The van der Waals surface area contributed by atoms with Crippen molar-refractivity contribution in [2.45, 2.75) is 12.6 Å². The minimum atomic E-state index is -0.601. The van der Waals surface area contributed by atoms with Crippen LogP contribution in [0.4, 0.5) is 0 Å². The van der Waals surface area contributed by atoms with E-state index in [0.29, 0.717) is 12.1 Å². The van der Waals surface area contributed by atoms with E-state index in [2.05, 4.69) is 5.32 Å². The van der Waals surface area contributed by atoms with E-state index in [1.54, 1.807) is 11.9 Å². The number of carbonyl (C=O) groups is 2. The molecule has 2 aromatic carbocycles. The molecule has 4 nitrogen and oxygen atoms in total. The van der Waals surface area contributed by atoms with Crippen LogP contribution in [0.3, 0.4) is 0 Å². The van der Waals surface area contributed by atoms with Crippen molar-refractivity contribution in [2.24, 2.45) is 0 Å². The van der Waals surface area contributed by atoms with E-state index in [0.717, 1.165) is 11.1 Å². The molecule has 0 bridgehead atoms. The van der Waals surface area contributed by atoms with E-state index < -0.39 is 6.04 Å². The third-order valence-corrected chi connectivity index (χ3v) is 3.77. The molecule has 0 aromatic heterocycles. The summed E-state index contributed by atoms with van der Waals surface area (Å²) in [5, 5.41) is 2.65. The van der Waals surface area contributed by atoms with Crippen molar-refractivity contribution in [2.75, 3.05) is 7.05 Å². The molecule has 1 unspecified atom stereocenters. The van der Waals surface area contributed by atoms with E-state index in [-0.39, 0.29) is 11.8 Å². The summed E-state index contributed by atoms with van der Waals surface area (Å²) in [5.74, 6) is -0.273. The van der Waals surface area contributed by atoms with Crippen LogP contribution in [0.2, 0.25) is 0 Å². The van der Waals surface area contributed by atoms with Gasteiger partial charge in [-0.2, -0.15) is 0 Å². The van der Waals surface area contributed by atoms with Crippen molar-refractivity contribution in [1.29, 1.82) is 0 Å². The smallest absolute Gasteiger partial charge is 0.255 e. The van der Waals surface area contributed by atoms with Gasteiger partial charge in [-0.1, -0.05) is 48.5 Å². The third-order valence-electron chi connectivity index (χ3n) is 3.77. The molecule has 4 heteroatoms. The van der Waals surface area contributed by atoms with Crippen LogP contribution in [-0.4, -0.2) is 23.8 Å². The number of nitrogens with one attached hydrogen (secondary N) is 1. The lowest BCUT2D eigenvalue weighted by molar-refractivity contribution is -0.125. The molecule has 2 amide bonds. The molecule has 1 N–H and O–H groups in total. The second kappa shape index (κ2) is 5.40. The first-order valence-corrected chi connectivity index (χ1v) is 6.88. The topological polar surface area (TPSA) is 49.4 Å². The van der Waals surface area contributed by atoms with Crippen LogP contribution < -0.4 is 5.32 Å². The molecule has 1 aliphatic rings. The number of benzene rings is 2. The summed E-state index contributed by atoms with van der Waals surface area (Å²) in [6.07, 6.45) is 0. The van der Waals surface area contributed by atoms with Gasteiger partial charge in [0, 0.05) is 19.2 Å². The Kier molecular flexibility index (Phi) is 3.44. The monoisotopic (exact) mass is 280 g/mol. The van der Waals surface area contributed by atoms with Crippen LogP contribution >= 0.6 is 0 Å². The number of amides is 2. The number of hydrogen-bond acceptors (Lipinski definition) is 2. The quantitative estimate of drug-likeness (QED) is 0.936. The Hall–Kier alpha value is -2.62. The first-order chi connectivity index (χ1) is 10.2. The standard InChI is InChI=1S/C17H16N2O2/c1-18-16(20)15(12-7-3-2-4-8-12)19-11-13-9-5-6-10-14(13)17(19)21/h2-10,15H,11H2,1H3,(H,18,20). The summed E-state index contributed by atoms with van der Waals surface area (Å²) < 4.78 is 0. The van der Waals surface area contributed by atoms with Crippen molar-refractivity contribution in [1.82, 2.24) is 10.2 Å². The molecule has 1 aliphatic heterocycles. The molecule has 0 radical (unpaired) electrons. The summed E-state index contributed by atoms with van der Waals surface area (Å²) in [5.41, 5.74) is 2.47. The summed E-state index contributed by atoms with van der Waals surface area (Å²) in [4.78, 5) is 26.5. The van der Waals surface area contributed by atoms with Gasteiger partial charge in [0.05, 0.1) is 0 Å². The average molecular weight is 280 g/mol. The normalized spacial score (nSPS) is 14.7. The molecule has 1 atom stereocenters. The van der Waals surface area contributed by atoms with Gasteiger partial charge in [0.15, 0.2) is 0 Å². The SMILES string of the molecule is CNC(=O)C(c1ccccc1)N1Cc2ccccc2C1=O. The van der Waals surface area contributed by atoms with Gasteiger partial charge in [-0.3, -0.25) is 9.59 Å². The Morgan fingerprint density at radius 2 is 1.76 bits per heavy atom.